The molecule has 1 aromatic heterocycles. The van der Waals surface area contributed by atoms with Gasteiger partial charge >= 0.3 is 0 Å². The summed E-state index contributed by atoms with van der Waals surface area (Å²) in [6.07, 6.45) is 21.8. The van der Waals surface area contributed by atoms with Gasteiger partial charge in [0.1, 0.15) is 6.54 Å². The van der Waals surface area contributed by atoms with Gasteiger partial charge < -0.3 is 24.0 Å². The summed E-state index contributed by atoms with van der Waals surface area (Å²) < 4.78 is 2.14. The van der Waals surface area contributed by atoms with Crippen molar-refractivity contribution in [1.82, 2.24) is 0 Å². The van der Waals surface area contributed by atoms with Crippen molar-refractivity contribution in [3.63, 3.8) is 0 Å². The number of aromatic nitrogens is 1. The van der Waals surface area contributed by atoms with Gasteiger partial charge in [0.05, 0.1) is 0 Å². The Bertz CT molecular complexity index is 384. The molecule has 0 unspecified atom stereocenters. The number of halogens is 2. The van der Waals surface area contributed by atoms with Crippen molar-refractivity contribution in [1.29, 1.82) is 0 Å². The fraction of sp³-hybridized carbons (Fsp3) is 0.762. The minimum absolute atomic E-state index is 0. The van der Waals surface area contributed by atoms with Gasteiger partial charge in [0.2, 0.25) is 0 Å². The summed E-state index contributed by atoms with van der Waals surface area (Å²) in [5.74, 6) is 0. The number of unbranched alkanes of at least 4 members (excludes halogenated alkanes) is 13. The minimum atomic E-state index is 0. The second kappa shape index (κ2) is 18.0. The molecule has 0 aliphatic carbocycles. The van der Waals surface area contributed by atoms with E-state index in [1.807, 2.05) is 12.1 Å². The first-order chi connectivity index (χ1) is 11.3. The second-order valence-electron chi connectivity index (χ2n) is 6.81. The monoisotopic (exact) mass is 465 g/mol. The summed E-state index contributed by atoms with van der Waals surface area (Å²) in [7, 11) is 0. The molecule has 0 saturated carbocycles. The van der Waals surface area contributed by atoms with Crippen LogP contribution in [0.4, 0.5) is 0 Å². The molecule has 0 radical (unpaired) electrons. The van der Waals surface area contributed by atoms with E-state index in [0.717, 1.165) is 11.7 Å². The molecule has 0 aliphatic heterocycles. The van der Waals surface area contributed by atoms with Crippen molar-refractivity contribution in [2.24, 2.45) is 0 Å². The summed E-state index contributed by atoms with van der Waals surface area (Å²) in [5, 5.41) is 0.849. The fourth-order valence-corrected chi connectivity index (χ4v) is 3.33. The fourth-order valence-electron chi connectivity index (χ4n) is 3.11. The van der Waals surface area contributed by atoms with E-state index in [1.165, 1.54) is 89.9 Å². The normalized spacial score (nSPS) is 10.6. The molecule has 1 rings (SSSR count). The summed E-state index contributed by atoms with van der Waals surface area (Å²) in [6.45, 7) is 3.34. The minimum Gasteiger partial charge on any atom is -1.00 e. The SMILES string of the molecule is CCCCCCCCCCCCCCCC[n+]1ccccc1Cl.[I-]. The Labute approximate surface area is 172 Å². The average molecular weight is 466 g/mol. The lowest BCUT2D eigenvalue weighted by atomic mass is 10.0. The van der Waals surface area contributed by atoms with Crippen molar-refractivity contribution in [2.45, 2.75) is 103 Å². The molecular formula is C21H37ClIN. The van der Waals surface area contributed by atoms with Crippen molar-refractivity contribution in [3.8, 4) is 0 Å². The third kappa shape index (κ3) is 13.5. The number of hydrogen-bond donors (Lipinski definition) is 0. The molecule has 0 spiro atoms. The van der Waals surface area contributed by atoms with Gasteiger partial charge in [-0.05, 0) is 24.1 Å². The lowest BCUT2D eigenvalue weighted by Gasteiger charge is -2.03. The molecule has 0 atom stereocenters. The molecule has 0 saturated heterocycles. The molecule has 1 heterocycles. The zero-order chi connectivity index (χ0) is 16.6. The van der Waals surface area contributed by atoms with Gasteiger partial charge in [-0.3, -0.25) is 0 Å². The first kappa shape index (κ1) is 24.2. The van der Waals surface area contributed by atoms with Gasteiger partial charge in [0, 0.05) is 18.6 Å². The smallest absolute Gasteiger partial charge is 0.274 e. The van der Waals surface area contributed by atoms with Crippen LogP contribution in [0.1, 0.15) is 96.8 Å². The Morgan fingerprint density at radius 3 is 1.62 bits per heavy atom. The first-order valence-corrected chi connectivity index (χ1v) is 10.4. The molecule has 0 fully saturated rings. The maximum absolute atomic E-state index is 6.15. The maximum Gasteiger partial charge on any atom is 0.274 e. The topological polar surface area (TPSA) is 3.88 Å². The highest BCUT2D eigenvalue weighted by Gasteiger charge is 2.04. The number of aryl methyl sites for hydroxylation is 1. The van der Waals surface area contributed by atoms with Crippen LogP contribution in [0.3, 0.4) is 0 Å². The lowest BCUT2D eigenvalue weighted by molar-refractivity contribution is -0.695. The zero-order valence-electron chi connectivity index (χ0n) is 15.6. The van der Waals surface area contributed by atoms with Crippen LogP contribution in [0.5, 0.6) is 0 Å². The maximum atomic E-state index is 6.15. The van der Waals surface area contributed by atoms with Gasteiger partial charge in [-0.15, -0.1) is 0 Å². The standard InChI is InChI=1S/C21H37ClN.HI/c1-2-3-4-5-6-7-8-9-10-11-12-13-14-16-19-23-20-17-15-18-21(23)22;/h15,17-18,20H,2-14,16,19H2,1H3;1H/q+1;/p-1. The van der Waals surface area contributed by atoms with Crippen molar-refractivity contribution in [2.75, 3.05) is 0 Å². The van der Waals surface area contributed by atoms with E-state index in [-0.39, 0.29) is 24.0 Å². The highest BCUT2D eigenvalue weighted by Crippen LogP contribution is 2.13. The molecule has 0 amide bonds. The van der Waals surface area contributed by atoms with Crippen LogP contribution in [0.2, 0.25) is 5.15 Å². The molecule has 1 nitrogen and oxygen atoms in total. The number of hydrogen-bond acceptors (Lipinski definition) is 0. The molecule has 0 aromatic carbocycles. The van der Waals surface area contributed by atoms with Crippen LogP contribution in [-0.2, 0) is 6.54 Å². The van der Waals surface area contributed by atoms with Crippen LogP contribution < -0.4 is 28.5 Å². The summed E-state index contributed by atoms with van der Waals surface area (Å²) in [6, 6.07) is 6.01. The highest BCUT2D eigenvalue weighted by molar-refractivity contribution is 6.28. The molecule has 3 heteroatoms. The molecule has 24 heavy (non-hydrogen) atoms. The van der Waals surface area contributed by atoms with Crippen molar-refractivity contribution >= 4 is 11.6 Å². The van der Waals surface area contributed by atoms with E-state index >= 15 is 0 Å². The molecular weight excluding hydrogens is 429 g/mol. The second-order valence-corrected chi connectivity index (χ2v) is 7.20. The lowest BCUT2D eigenvalue weighted by Crippen LogP contribution is -3.00. The van der Waals surface area contributed by atoms with Crippen molar-refractivity contribution in [3.05, 3.63) is 29.5 Å². The van der Waals surface area contributed by atoms with Crippen LogP contribution in [0.25, 0.3) is 0 Å². The predicted molar refractivity (Wildman–Crippen MR) is 102 cm³/mol. The zero-order valence-corrected chi connectivity index (χ0v) is 18.5. The quantitative estimate of drug-likeness (QED) is 0.159. The summed E-state index contributed by atoms with van der Waals surface area (Å²) >= 11 is 6.15. The van der Waals surface area contributed by atoms with Crippen molar-refractivity contribution < 1.29 is 28.5 Å². The Kier molecular flexibility index (Phi) is 18.1. The average Bonchev–Trinajstić information content (AvgIpc) is 2.57. The number of nitrogens with zero attached hydrogens (tertiary/aromatic N) is 1. The molecule has 0 bridgehead atoms. The molecule has 1 aromatic rings. The Morgan fingerprint density at radius 2 is 1.17 bits per heavy atom. The Balaban J connectivity index is 0.00000529. The Hall–Kier alpha value is 0.170. The van der Waals surface area contributed by atoms with Gasteiger partial charge in [-0.25, -0.2) is 0 Å². The van der Waals surface area contributed by atoms with Gasteiger partial charge in [0.25, 0.3) is 5.15 Å². The van der Waals surface area contributed by atoms with E-state index in [9.17, 15) is 0 Å². The summed E-state index contributed by atoms with van der Waals surface area (Å²) in [4.78, 5) is 0. The van der Waals surface area contributed by atoms with E-state index in [2.05, 4.69) is 23.8 Å². The van der Waals surface area contributed by atoms with E-state index in [1.54, 1.807) is 0 Å². The van der Waals surface area contributed by atoms with Crippen LogP contribution >= 0.6 is 11.6 Å². The van der Waals surface area contributed by atoms with E-state index in [4.69, 9.17) is 11.6 Å². The first-order valence-electron chi connectivity index (χ1n) is 9.98. The van der Waals surface area contributed by atoms with E-state index < -0.39 is 0 Å². The third-order valence-corrected chi connectivity index (χ3v) is 4.98. The third-order valence-electron chi connectivity index (χ3n) is 4.64. The van der Waals surface area contributed by atoms with Crippen LogP contribution in [0, 0.1) is 0 Å². The Morgan fingerprint density at radius 1 is 0.708 bits per heavy atom. The van der Waals surface area contributed by atoms with E-state index in [0.29, 0.717) is 0 Å². The van der Waals surface area contributed by atoms with Gasteiger partial charge in [-0.1, -0.05) is 84.0 Å². The largest absolute Gasteiger partial charge is 1.00 e. The molecule has 0 N–H and O–H groups in total. The van der Waals surface area contributed by atoms with Crippen LogP contribution in [0.15, 0.2) is 24.4 Å². The summed E-state index contributed by atoms with van der Waals surface area (Å²) in [5.41, 5.74) is 0. The van der Waals surface area contributed by atoms with Gasteiger partial charge in [0.15, 0.2) is 6.20 Å². The number of pyridine rings is 1. The van der Waals surface area contributed by atoms with Crippen LogP contribution in [-0.4, -0.2) is 0 Å². The molecule has 0 aliphatic rings. The molecule has 140 valence electrons. The highest BCUT2D eigenvalue weighted by atomic mass is 127. The van der Waals surface area contributed by atoms with Gasteiger partial charge in [-0.2, -0.15) is 4.57 Å². The number of rotatable bonds is 15. The predicted octanol–water partition coefficient (Wildman–Crippen LogP) is 4.11.